The molecule has 0 saturated carbocycles. The van der Waals surface area contributed by atoms with E-state index >= 15 is 0 Å². The van der Waals surface area contributed by atoms with Crippen molar-refractivity contribution in [1.29, 1.82) is 0 Å². The van der Waals surface area contributed by atoms with Gasteiger partial charge in [-0.1, -0.05) is 19.0 Å². The highest BCUT2D eigenvalue weighted by atomic mass is 16.5. The Kier molecular flexibility index (Phi) is 4.68. The summed E-state index contributed by atoms with van der Waals surface area (Å²) in [6, 6.07) is 1.59. The third kappa shape index (κ3) is 4.26. The second-order valence-corrected chi connectivity index (χ2v) is 4.02. The Hall–Kier alpha value is -1.85. The van der Waals surface area contributed by atoms with E-state index in [-0.39, 0.29) is 23.9 Å². The van der Waals surface area contributed by atoms with E-state index in [1.807, 2.05) is 13.8 Å². The third-order valence-corrected chi connectivity index (χ3v) is 2.18. The zero-order valence-electron chi connectivity index (χ0n) is 9.90. The molecule has 6 heteroatoms. The lowest BCUT2D eigenvalue weighted by Gasteiger charge is -2.00. The van der Waals surface area contributed by atoms with Gasteiger partial charge in [0, 0.05) is 24.9 Å². The lowest BCUT2D eigenvalue weighted by molar-refractivity contribution is -0.137. The Balaban J connectivity index is 2.39. The summed E-state index contributed by atoms with van der Waals surface area (Å²) in [6.07, 6.45) is 0.437. The van der Waals surface area contributed by atoms with Crippen LogP contribution in [0.15, 0.2) is 10.6 Å². The summed E-state index contributed by atoms with van der Waals surface area (Å²) in [6.45, 7) is 4.19. The molecule has 0 aliphatic heterocycles. The van der Waals surface area contributed by atoms with Crippen LogP contribution >= 0.6 is 0 Å². The number of hydrogen-bond acceptors (Lipinski definition) is 4. The van der Waals surface area contributed by atoms with Crippen molar-refractivity contribution < 1.29 is 19.2 Å². The van der Waals surface area contributed by atoms with Crippen LogP contribution in [-0.2, 0) is 4.79 Å². The highest BCUT2D eigenvalue weighted by Crippen LogP contribution is 2.14. The summed E-state index contributed by atoms with van der Waals surface area (Å²) >= 11 is 0. The van der Waals surface area contributed by atoms with E-state index in [4.69, 9.17) is 9.63 Å². The van der Waals surface area contributed by atoms with Crippen LogP contribution in [0.4, 0.5) is 0 Å². The second-order valence-electron chi connectivity index (χ2n) is 4.02. The van der Waals surface area contributed by atoms with Gasteiger partial charge in [-0.3, -0.25) is 9.59 Å². The molecule has 0 radical (unpaired) electrons. The van der Waals surface area contributed by atoms with E-state index in [9.17, 15) is 9.59 Å². The number of nitrogens with zero attached hydrogens (tertiary/aromatic N) is 1. The summed E-state index contributed by atoms with van der Waals surface area (Å²) in [5.74, 6) is -0.384. The van der Waals surface area contributed by atoms with Gasteiger partial charge in [-0.05, 0) is 6.42 Å². The predicted molar refractivity (Wildman–Crippen MR) is 59.8 cm³/mol. The molecule has 1 amide bonds. The summed E-state index contributed by atoms with van der Waals surface area (Å²) in [5.41, 5.74) is 0.226. The fraction of sp³-hybridized carbons (Fsp3) is 0.545. The maximum absolute atomic E-state index is 11.5. The van der Waals surface area contributed by atoms with Gasteiger partial charge in [-0.2, -0.15) is 0 Å². The van der Waals surface area contributed by atoms with Crippen molar-refractivity contribution in [3.05, 3.63) is 17.5 Å². The predicted octanol–water partition coefficient (Wildman–Crippen LogP) is 1.39. The first-order valence-electron chi connectivity index (χ1n) is 5.47. The van der Waals surface area contributed by atoms with Crippen molar-refractivity contribution in [2.24, 2.45) is 0 Å². The maximum atomic E-state index is 11.5. The first kappa shape index (κ1) is 13.2. The molecule has 0 spiro atoms. The Morgan fingerprint density at radius 1 is 1.53 bits per heavy atom. The van der Waals surface area contributed by atoms with E-state index < -0.39 is 5.97 Å². The smallest absolute Gasteiger partial charge is 0.303 e. The molecule has 2 N–H and O–H groups in total. The highest BCUT2D eigenvalue weighted by Gasteiger charge is 2.13. The van der Waals surface area contributed by atoms with E-state index in [2.05, 4.69) is 10.5 Å². The van der Waals surface area contributed by atoms with Gasteiger partial charge in [0.05, 0.1) is 0 Å². The normalized spacial score (nSPS) is 10.5. The molecular formula is C11H16N2O4. The van der Waals surface area contributed by atoms with Crippen molar-refractivity contribution in [1.82, 2.24) is 10.5 Å². The van der Waals surface area contributed by atoms with Gasteiger partial charge in [0.15, 0.2) is 5.69 Å². The molecule has 1 rings (SSSR count). The van der Waals surface area contributed by atoms with Gasteiger partial charge in [0.25, 0.3) is 5.91 Å². The van der Waals surface area contributed by atoms with Crippen LogP contribution in [0.5, 0.6) is 0 Å². The molecule has 0 fully saturated rings. The first-order chi connectivity index (χ1) is 8.00. The fourth-order valence-electron chi connectivity index (χ4n) is 1.20. The number of aliphatic carboxylic acids is 1. The van der Waals surface area contributed by atoms with Crippen molar-refractivity contribution in [2.45, 2.75) is 32.6 Å². The minimum atomic E-state index is -0.872. The largest absolute Gasteiger partial charge is 0.481 e. The van der Waals surface area contributed by atoms with E-state index in [0.29, 0.717) is 18.7 Å². The molecule has 1 aromatic heterocycles. The van der Waals surface area contributed by atoms with Crippen molar-refractivity contribution in [3.63, 3.8) is 0 Å². The van der Waals surface area contributed by atoms with Crippen molar-refractivity contribution in [2.75, 3.05) is 6.54 Å². The number of hydrogen-bond donors (Lipinski definition) is 2. The Morgan fingerprint density at radius 2 is 2.24 bits per heavy atom. The second kappa shape index (κ2) is 6.03. The van der Waals surface area contributed by atoms with Crippen LogP contribution in [0.1, 0.15) is 48.9 Å². The number of carboxylic acids is 1. The van der Waals surface area contributed by atoms with Crippen LogP contribution in [0, 0.1) is 0 Å². The average Bonchev–Trinajstić information content (AvgIpc) is 2.73. The third-order valence-electron chi connectivity index (χ3n) is 2.18. The fourth-order valence-corrected chi connectivity index (χ4v) is 1.20. The molecule has 6 nitrogen and oxygen atoms in total. The quantitative estimate of drug-likeness (QED) is 0.733. The Morgan fingerprint density at radius 3 is 2.76 bits per heavy atom. The first-order valence-corrected chi connectivity index (χ1v) is 5.47. The Bertz CT molecular complexity index is 398. The minimum Gasteiger partial charge on any atom is -0.481 e. The number of amides is 1. The average molecular weight is 240 g/mol. The van der Waals surface area contributed by atoms with E-state index in [1.54, 1.807) is 6.07 Å². The number of carbonyl (C=O) groups is 2. The van der Waals surface area contributed by atoms with Crippen LogP contribution in [-0.4, -0.2) is 28.7 Å². The summed E-state index contributed by atoms with van der Waals surface area (Å²) in [5, 5.41) is 14.6. The Labute approximate surface area is 99.0 Å². The molecule has 94 valence electrons. The lowest BCUT2D eigenvalue weighted by Crippen LogP contribution is -2.25. The van der Waals surface area contributed by atoms with Gasteiger partial charge in [0.1, 0.15) is 5.76 Å². The van der Waals surface area contributed by atoms with Crippen molar-refractivity contribution in [3.8, 4) is 0 Å². The van der Waals surface area contributed by atoms with Crippen LogP contribution < -0.4 is 5.32 Å². The van der Waals surface area contributed by atoms with Gasteiger partial charge >= 0.3 is 5.97 Å². The van der Waals surface area contributed by atoms with Gasteiger partial charge in [0.2, 0.25) is 0 Å². The molecule has 0 bridgehead atoms. The number of carboxylic acid groups (broad SMARTS) is 1. The summed E-state index contributed by atoms with van der Waals surface area (Å²) < 4.78 is 4.99. The highest BCUT2D eigenvalue weighted by molar-refractivity contribution is 5.92. The maximum Gasteiger partial charge on any atom is 0.303 e. The zero-order chi connectivity index (χ0) is 12.8. The van der Waals surface area contributed by atoms with Crippen LogP contribution in [0.25, 0.3) is 0 Å². The number of carbonyl (C=O) groups excluding carboxylic acids is 1. The van der Waals surface area contributed by atoms with Crippen LogP contribution in [0.2, 0.25) is 0 Å². The van der Waals surface area contributed by atoms with Crippen molar-refractivity contribution >= 4 is 11.9 Å². The molecule has 0 aliphatic carbocycles. The monoisotopic (exact) mass is 240 g/mol. The van der Waals surface area contributed by atoms with E-state index in [1.165, 1.54) is 0 Å². The molecule has 1 aromatic rings. The zero-order valence-corrected chi connectivity index (χ0v) is 9.90. The minimum absolute atomic E-state index is 0.0380. The number of nitrogens with one attached hydrogen (secondary N) is 1. The van der Waals surface area contributed by atoms with Crippen LogP contribution in [0.3, 0.4) is 0 Å². The molecule has 0 aromatic carbocycles. The SMILES string of the molecule is CC(C)c1cc(C(=O)NCCCC(=O)O)no1. The van der Waals surface area contributed by atoms with E-state index in [0.717, 1.165) is 0 Å². The topological polar surface area (TPSA) is 92.4 Å². The molecule has 1 heterocycles. The van der Waals surface area contributed by atoms with Gasteiger partial charge in [-0.25, -0.2) is 0 Å². The number of aromatic nitrogens is 1. The molecule has 17 heavy (non-hydrogen) atoms. The summed E-state index contributed by atoms with van der Waals surface area (Å²) in [4.78, 5) is 21.8. The molecule has 0 aliphatic rings. The molecular weight excluding hydrogens is 224 g/mol. The van der Waals surface area contributed by atoms with Gasteiger partial charge < -0.3 is 14.9 Å². The van der Waals surface area contributed by atoms with Gasteiger partial charge in [-0.15, -0.1) is 0 Å². The molecule has 0 unspecified atom stereocenters. The standard InChI is InChI=1S/C11H16N2O4/c1-7(2)9-6-8(13-17-9)11(16)12-5-3-4-10(14)15/h6-7H,3-5H2,1-2H3,(H,12,16)(H,14,15). The molecule has 0 saturated heterocycles. The lowest BCUT2D eigenvalue weighted by atomic mass is 10.1. The molecule has 0 atom stereocenters. The number of rotatable bonds is 6. The summed E-state index contributed by atoms with van der Waals surface area (Å²) in [7, 11) is 0.